The molecule has 0 fully saturated rings. The summed E-state index contributed by atoms with van der Waals surface area (Å²) in [5.74, 6) is 1.40. The van der Waals surface area contributed by atoms with Crippen LogP contribution in [-0.4, -0.2) is 22.6 Å². The normalized spacial score (nSPS) is 17.4. The summed E-state index contributed by atoms with van der Waals surface area (Å²) in [6, 6.07) is 21.2. The zero-order chi connectivity index (χ0) is 19.0. The van der Waals surface area contributed by atoms with Crippen LogP contribution in [0.4, 0.5) is 5.69 Å². The molecule has 1 unspecified atom stereocenters. The van der Waals surface area contributed by atoms with E-state index < -0.39 is 16.1 Å². The Labute approximate surface area is 158 Å². The molecule has 5 nitrogen and oxygen atoms in total. The Kier molecular flexibility index (Phi) is 4.28. The number of anilines is 1. The van der Waals surface area contributed by atoms with Crippen molar-refractivity contribution >= 4 is 15.7 Å². The van der Waals surface area contributed by atoms with Gasteiger partial charge in [0.1, 0.15) is 11.5 Å². The summed E-state index contributed by atoms with van der Waals surface area (Å²) >= 11 is 0. The maximum atomic E-state index is 13.3. The first kappa shape index (κ1) is 17.4. The highest BCUT2D eigenvalue weighted by Gasteiger charge is 2.43. The van der Waals surface area contributed by atoms with Gasteiger partial charge in [-0.25, -0.2) is 8.42 Å². The van der Waals surface area contributed by atoms with Crippen molar-refractivity contribution in [2.75, 3.05) is 18.5 Å². The number of benzene rings is 3. The summed E-state index contributed by atoms with van der Waals surface area (Å²) in [5.41, 5.74) is 2.23. The van der Waals surface area contributed by atoms with Crippen LogP contribution in [0.3, 0.4) is 0 Å². The van der Waals surface area contributed by atoms with Crippen LogP contribution in [0.25, 0.3) is 0 Å². The van der Waals surface area contributed by atoms with Crippen molar-refractivity contribution in [2.45, 2.75) is 10.9 Å². The summed E-state index contributed by atoms with van der Waals surface area (Å²) in [7, 11) is -0.485. The molecule has 1 heterocycles. The molecular weight excluding hydrogens is 362 g/mol. The first-order chi connectivity index (χ1) is 13.1. The summed E-state index contributed by atoms with van der Waals surface area (Å²) in [4.78, 5) is 0.335. The van der Waals surface area contributed by atoms with Gasteiger partial charge in [0.2, 0.25) is 0 Å². The smallest absolute Gasteiger partial charge is 0.265 e. The van der Waals surface area contributed by atoms with Crippen LogP contribution >= 0.6 is 0 Å². The average Bonchev–Trinajstić information content (AvgIpc) is 2.95. The number of rotatable bonds is 4. The highest BCUT2D eigenvalue weighted by molar-refractivity contribution is 7.93. The van der Waals surface area contributed by atoms with E-state index in [2.05, 4.69) is 0 Å². The summed E-state index contributed by atoms with van der Waals surface area (Å²) in [6.07, 6.45) is 0. The lowest BCUT2D eigenvalue weighted by molar-refractivity contribution is 0.414. The number of fused-ring (bicyclic) bond motifs is 1. The highest BCUT2D eigenvalue weighted by Crippen LogP contribution is 2.46. The van der Waals surface area contributed by atoms with Gasteiger partial charge in [0.15, 0.2) is 0 Å². The molecule has 3 aromatic carbocycles. The molecule has 138 valence electrons. The second-order valence-electron chi connectivity index (χ2n) is 6.21. The largest absolute Gasteiger partial charge is 0.497 e. The molecule has 0 radical (unpaired) electrons. The van der Waals surface area contributed by atoms with Crippen molar-refractivity contribution in [2.24, 2.45) is 0 Å². The fraction of sp³-hybridized carbons (Fsp3) is 0.143. The van der Waals surface area contributed by atoms with Gasteiger partial charge in [-0.3, -0.25) is 4.31 Å². The Hall–Kier alpha value is -2.99. The van der Waals surface area contributed by atoms with Gasteiger partial charge in [-0.2, -0.15) is 0 Å². The first-order valence-electron chi connectivity index (χ1n) is 8.47. The molecule has 0 bridgehead atoms. The van der Waals surface area contributed by atoms with Crippen molar-refractivity contribution in [3.8, 4) is 11.5 Å². The zero-order valence-electron chi connectivity index (χ0n) is 15.0. The fourth-order valence-corrected chi connectivity index (χ4v) is 5.28. The minimum absolute atomic E-state index is 0.335. The molecule has 0 saturated carbocycles. The third-order valence-electron chi connectivity index (χ3n) is 4.74. The molecule has 27 heavy (non-hydrogen) atoms. The van der Waals surface area contributed by atoms with E-state index in [-0.39, 0.29) is 0 Å². The number of nitrogens with zero attached hydrogens (tertiary/aromatic N) is 1. The van der Waals surface area contributed by atoms with E-state index in [4.69, 9.17) is 9.47 Å². The van der Waals surface area contributed by atoms with Crippen molar-refractivity contribution in [3.63, 3.8) is 0 Å². The van der Waals surface area contributed by atoms with Crippen LogP contribution < -0.4 is 13.8 Å². The summed E-state index contributed by atoms with van der Waals surface area (Å²) < 4.78 is 38.5. The van der Waals surface area contributed by atoms with Gasteiger partial charge in [-0.05, 0) is 48.0 Å². The second kappa shape index (κ2) is 6.63. The van der Waals surface area contributed by atoms with Gasteiger partial charge in [0.25, 0.3) is 10.0 Å². The molecule has 0 aliphatic carbocycles. The van der Waals surface area contributed by atoms with E-state index in [9.17, 15) is 8.42 Å². The number of ether oxygens (including phenoxy) is 2. The topological polar surface area (TPSA) is 55.8 Å². The molecule has 4 rings (SSSR count). The lowest BCUT2D eigenvalue weighted by Gasteiger charge is -2.26. The molecule has 0 spiro atoms. The molecule has 0 aromatic heterocycles. The van der Waals surface area contributed by atoms with E-state index in [1.54, 1.807) is 50.6 Å². The molecule has 1 atom stereocenters. The minimum Gasteiger partial charge on any atom is -0.497 e. The van der Waals surface area contributed by atoms with Gasteiger partial charge in [-0.1, -0.05) is 30.3 Å². The van der Waals surface area contributed by atoms with E-state index in [1.807, 2.05) is 36.4 Å². The Balaban J connectivity index is 1.90. The first-order valence-corrected chi connectivity index (χ1v) is 9.91. The Morgan fingerprint density at radius 2 is 1.33 bits per heavy atom. The van der Waals surface area contributed by atoms with Crippen LogP contribution in [0, 0.1) is 0 Å². The minimum atomic E-state index is -3.67. The fourth-order valence-electron chi connectivity index (χ4n) is 3.43. The predicted molar refractivity (Wildman–Crippen MR) is 104 cm³/mol. The van der Waals surface area contributed by atoms with Crippen molar-refractivity contribution in [1.82, 2.24) is 0 Å². The predicted octanol–water partition coefficient (Wildman–Crippen LogP) is 4.00. The lowest BCUT2D eigenvalue weighted by atomic mass is 9.98. The van der Waals surface area contributed by atoms with Crippen LogP contribution in [0.5, 0.6) is 11.5 Å². The second-order valence-corrected chi connectivity index (χ2v) is 8.00. The molecule has 0 amide bonds. The van der Waals surface area contributed by atoms with E-state index in [0.717, 1.165) is 16.9 Å². The molecule has 6 heteroatoms. The van der Waals surface area contributed by atoms with Gasteiger partial charge in [0.05, 0.1) is 30.8 Å². The standard InChI is InChI=1S/C21H19NO4S/c1-25-17-11-7-15(8-12-17)21-19-5-3-4-6-20(19)27(23,24)22(21)16-9-13-18(26-2)14-10-16/h3-14,21H,1-2H3. The molecule has 3 aromatic rings. The Bertz CT molecular complexity index is 1060. The molecule has 1 aliphatic heterocycles. The quantitative estimate of drug-likeness (QED) is 0.685. The van der Waals surface area contributed by atoms with Crippen LogP contribution in [0.2, 0.25) is 0 Å². The number of hydrogen-bond acceptors (Lipinski definition) is 4. The molecule has 1 aliphatic rings. The van der Waals surface area contributed by atoms with E-state index in [1.165, 1.54) is 4.31 Å². The van der Waals surface area contributed by atoms with Gasteiger partial charge in [0, 0.05) is 5.56 Å². The molecule has 0 saturated heterocycles. The van der Waals surface area contributed by atoms with Gasteiger partial charge in [-0.15, -0.1) is 0 Å². The van der Waals surface area contributed by atoms with Gasteiger partial charge >= 0.3 is 0 Å². The third kappa shape index (κ3) is 2.82. The Morgan fingerprint density at radius 3 is 1.93 bits per heavy atom. The van der Waals surface area contributed by atoms with Crippen LogP contribution in [-0.2, 0) is 10.0 Å². The van der Waals surface area contributed by atoms with Crippen molar-refractivity contribution < 1.29 is 17.9 Å². The summed E-state index contributed by atoms with van der Waals surface area (Å²) in [6.45, 7) is 0. The average molecular weight is 381 g/mol. The maximum Gasteiger partial charge on any atom is 0.265 e. The van der Waals surface area contributed by atoms with Crippen molar-refractivity contribution in [3.05, 3.63) is 83.9 Å². The zero-order valence-corrected chi connectivity index (χ0v) is 15.8. The SMILES string of the molecule is COc1ccc(C2c3ccccc3S(=O)(=O)N2c2ccc(OC)cc2)cc1. The monoisotopic (exact) mass is 381 g/mol. The number of methoxy groups -OCH3 is 2. The van der Waals surface area contributed by atoms with Gasteiger partial charge < -0.3 is 9.47 Å². The van der Waals surface area contributed by atoms with E-state index in [0.29, 0.717) is 16.3 Å². The molecular formula is C21H19NO4S. The maximum absolute atomic E-state index is 13.3. The number of hydrogen-bond donors (Lipinski definition) is 0. The Morgan fingerprint density at radius 1 is 0.778 bits per heavy atom. The van der Waals surface area contributed by atoms with E-state index >= 15 is 0 Å². The molecule has 0 N–H and O–H groups in total. The van der Waals surface area contributed by atoms with Crippen LogP contribution in [0.15, 0.2) is 77.7 Å². The third-order valence-corrected chi connectivity index (χ3v) is 6.61. The summed E-state index contributed by atoms with van der Waals surface area (Å²) in [5, 5.41) is 0. The van der Waals surface area contributed by atoms with Crippen LogP contribution in [0.1, 0.15) is 17.2 Å². The van der Waals surface area contributed by atoms with Crippen molar-refractivity contribution in [1.29, 1.82) is 0 Å². The lowest BCUT2D eigenvalue weighted by Crippen LogP contribution is -2.28. The highest BCUT2D eigenvalue weighted by atomic mass is 32.2. The number of sulfonamides is 1.